The van der Waals surface area contributed by atoms with Gasteiger partial charge in [-0.15, -0.1) is 0 Å². The van der Waals surface area contributed by atoms with Crippen molar-refractivity contribution in [3.05, 3.63) is 33.3 Å². The molecule has 1 aliphatic rings. The molecule has 1 unspecified atom stereocenters. The standard InChI is InChI=1S/C15H19BrClNO2/c16-10-7-8-12(13(17)9-10)14(15(19)20)18-11-5-3-1-2-4-6-11/h7-9,11,14,18H,1-6H2,(H,19,20). The van der Waals surface area contributed by atoms with Crippen molar-refractivity contribution < 1.29 is 9.90 Å². The molecule has 20 heavy (non-hydrogen) atoms. The number of halogens is 2. The molecular formula is C15H19BrClNO2. The lowest BCUT2D eigenvalue weighted by Crippen LogP contribution is -2.37. The van der Waals surface area contributed by atoms with E-state index in [2.05, 4.69) is 21.2 Å². The first kappa shape index (κ1) is 15.8. The Kier molecular flexibility index (Phi) is 5.87. The number of hydrogen-bond donors (Lipinski definition) is 2. The highest BCUT2D eigenvalue weighted by Gasteiger charge is 2.25. The monoisotopic (exact) mass is 359 g/mol. The van der Waals surface area contributed by atoms with E-state index in [4.69, 9.17) is 11.6 Å². The van der Waals surface area contributed by atoms with Crippen LogP contribution in [0.15, 0.2) is 22.7 Å². The van der Waals surface area contributed by atoms with Crippen molar-refractivity contribution in [1.29, 1.82) is 0 Å². The minimum atomic E-state index is -0.876. The van der Waals surface area contributed by atoms with E-state index < -0.39 is 12.0 Å². The smallest absolute Gasteiger partial charge is 0.325 e. The van der Waals surface area contributed by atoms with Crippen LogP contribution < -0.4 is 5.32 Å². The summed E-state index contributed by atoms with van der Waals surface area (Å²) < 4.78 is 0.852. The Morgan fingerprint density at radius 2 is 1.95 bits per heavy atom. The van der Waals surface area contributed by atoms with Gasteiger partial charge in [0.25, 0.3) is 0 Å². The molecule has 1 saturated carbocycles. The quantitative estimate of drug-likeness (QED) is 0.775. The van der Waals surface area contributed by atoms with E-state index in [1.807, 2.05) is 6.07 Å². The molecule has 2 rings (SSSR count). The molecule has 0 heterocycles. The third-order valence-corrected chi connectivity index (χ3v) is 4.60. The first-order chi connectivity index (χ1) is 9.58. The Bertz CT molecular complexity index is 473. The Morgan fingerprint density at radius 3 is 2.50 bits per heavy atom. The van der Waals surface area contributed by atoms with Crippen LogP contribution in [-0.2, 0) is 4.79 Å². The lowest BCUT2D eigenvalue weighted by atomic mass is 10.0. The predicted octanol–water partition coefficient (Wildman–Crippen LogP) is 4.54. The Morgan fingerprint density at radius 1 is 1.30 bits per heavy atom. The van der Waals surface area contributed by atoms with Gasteiger partial charge in [0.1, 0.15) is 6.04 Å². The third kappa shape index (κ3) is 4.21. The second-order valence-corrected chi connectivity index (χ2v) is 6.62. The van der Waals surface area contributed by atoms with Crippen LogP contribution in [0.1, 0.15) is 50.1 Å². The molecule has 1 aromatic carbocycles. The fourth-order valence-electron chi connectivity index (χ4n) is 2.71. The molecule has 1 aliphatic carbocycles. The maximum absolute atomic E-state index is 11.6. The zero-order chi connectivity index (χ0) is 14.5. The molecule has 0 aliphatic heterocycles. The van der Waals surface area contributed by atoms with Crippen molar-refractivity contribution in [1.82, 2.24) is 5.32 Å². The van der Waals surface area contributed by atoms with E-state index in [-0.39, 0.29) is 6.04 Å². The number of carboxylic acids is 1. The van der Waals surface area contributed by atoms with Gasteiger partial charge >= 0.3 is 5.97 Å². The predicted molar refractivity (Wildman–Crippen MR) is 84.2 cm³/mol. The first-order valence-electron chi connectivity index (χ1n) is 7.01. The summed E-state index contributed by atoms with van der Waals surface area (Å²) in [4.78, 5) is 11.6. The molecule has 1 fully saturated rings. The van der Waals surface area contributed by atoms with Gasteiger partial charge in [0.05, 0.1) is 0 Å². The number of aliphatic carboxylic acids is 1. The van der Waals surface area contributed by atoms with E-state index in [1.165, 1.54) is 12.8 Å². The molecule has 3 nitrogen and oxygen atoms in total. The molecule has 110 valence electrons. The van der Waals surface area contributed by atoms with Gasteiger partial charge in [-0.3, -0.25) is 10.1 Å². The van der Waals surface area contributed by atoms with Gasteiger partial charge in [-0.25, -0.2) is 0 Å². The molecular weight excluding hydrogens is 342 g/mol. The highest BCUT2D eigenvalue weighted by atomic mass is 79.9. The molecule has 1 aromatic rings. The maximum Gasteiger partial charge on any atom is 0.325 e. The third-order valence-electron chi connectivity index (χ3n) is 3.78. The van der Waals surface area contributed by atoms with Crippen LogP contribution in [0.3, 0.4) is 0 Å². The number of hydrogen-bond acceptors (Lipinski definition) is 2. The van der Waals surface area contributed by atoms with Crippen LogP contribution in [-0.4, -0.2) is 17.1 Å². The fourth-order valence-corrected chi connectivity index (χ4v) is 3.49. The van der Waals surface area contributed by atoms with Crippen molar-refractivity contribution in [3.63, 3.8) is 0 Å². The van der Waals surface area contributed by atoms with Gasteiger partial charge in [-0.2, -0.15) is 0 Å². The van der Waals surface area contributed by atoms with Gasteiger partial charge in [-0.05, 0) is 30.5 Å². The van der Waals surface area contributed by atoms with E-state index in [9.17, 15) is 9.90 Å². The number of carboxylic acid groups (broad SMARTS) is 1. The summed E-state index contributed by atoms with van der Waals surface area (Å²) in [7, 11) is 0. The molecule has 0 spiro atoms. The Balaban J connectivity index is 2.15. The zero-order valence-electron chi connectivity index (χ0n) is 11.2. The van der Waals surface area contributed by atoms with Crippen molar-refractivity contribution >= 4 is 33.5 Å². The summed E-state index contributed by atoms with van der Waals surface area (Å²) in [6.45, 7) is 0. The molecule has 1 atom stereocenters. The summed E-state index contributed by atoms with van der Waals surface area (Å²) in [5.41, 5.74) is 0.631. The summed E-state index contributed by atoms with van der Waals surface area (Å²) in [6, 6.07) is 4.86. The molecule has 0 radical (unpaired) electrons. The highest BCUT2D eigenvalue weighted by Crippen LogP contribution is 2.28. The second kappa shape index (κ2) is 7.43. The van der Waals surface area contributed by atoms with E-state index in [0.717, 1.165) is 30.2 Å². The largest absolute Gasteiger partial charge is 0.480 e. The molecule has 0 bridgehead atoms. The Hall–Kier alpha value is -0.580. The Labute approximate surface area is 132 Å². The van der Waals surface area contributed by atoms with Crippen molar-refractivity contribution in [2.24, 2.45) is 0 Å². The normalized spacial score (nSPS) is 18.5. The van der Waals surface area contributed by atoms with Crippen LogP contribution in [0, 0.1) is 0 Å². The minimum Gasteiger partial charge on any atom is -0.480 e. The average Bonchev–Trinajstić information content (AvgIpc) is 2.65. The minimum absolute atomic E-state index is 0.262. The molecule has 0 amide bonds. The maximum atomic E-state index is 11.6. The van der Waals surface area contributed by atoms with Gasteiger partial charge < -0.3 is 5.11 Å². The van der Waals surface area contributed by atoms with Crippen LogP contribution >= 0.6 is 27.5 Å². The number of benzene rings is 1. The van der Waals surface area contributed by atoms with Crippen molar-refractivity contribution in [3.8, 4) is 0 Å². The summed E-state index contributed by atoms with van der Waals surface area (Å²) in [6.07, 6.45) is 6.90. The lowest BCUT2D eigenvalue weighted by Gasteiger charge is -2.23. The van der Waals surface area contributed by atoms with Crippen molar-refractivity contribution in [2.45, 2.75) is 50.6 Å². The summed E-state index contributed by atoms with van der Waals surface area (Å²) >= 11 is 9.52. The van der Waals surface area contributed by atoms with E-state index in [1.54, 1.807) is 12.1 Å². The first-order valence-corrected chi connectivity index (χ1v) is 8.19. The van der Waals surface area contributed by atoms with Crippen molar-refractivity contribution in [2.75, 3.05) is 0 Å². The van der Waals surface area contributed by atoms with Crippen LogP contribution in [0.5, 0.6) is 0 Å². The number of carbonyl (C=O) groups is 1. The topological polar surface area (TPSA) is 49.3 Å². The lowest BCUT2D eigenvalue weighted by molar-refractivity contribution is -0.140. The van der Waals surface area contributed by atoms with Gasteiger partial charge in [-0.1, -0.05) is 59.3 Å². The van der Waals surface area contributed by atoms with Gasteiger partial charge in [0, 0.05) is 15.5 Å². The zero-order valence-corrected chi connectivity index (χ0v) is 13.6. The second-order valence-electron chi connectivity index (χ2n) is 5.29. The van der Waals surface area contributed by atoms with Crippen LogP contribution in [0.4, 0.5) is 0 Å². The molecule has 0 saturated heterocycles. The van der Waals surface area contributed by atoms with Crippen LogP contribution in [0.25, 0.3) is 0 Å². The fraction of sp³-hybridized carbons (Fsp3) is 0.533. The van der Waals surface area contributed by atoms with Crippen LogP contribution in [0.2, 0.25) is 5.02 Å². The molecule has 5 heteroatoms. The van der Waals surface area contributed by atoms with Gasteiger partial charge in [0.15, 0.2) is 0 Å². The number of nitrogens with one attached hydrogen (secondary N) is 1. The SMILES string of the molecule is O=C(O)C(NC1CCCCCC1)c1ccc(Br)cc1Cl. The van der Waals surface area contributed by atoms with E-state index >= 15 is 0 Å². The summed E-state index contributed by atoms with van der Waals surface area (Å²) in [5, 5.41) is 13.2. The van der Waals surface area contributed by atoms with Gasteiger partial charge in [0.2, 0.25) is 0 Å². The van der Waals surface area contributed by atoms with E-state index in [0.29, 0.717) is 10.6 Å². The average molecular weight is 361 g/mol. The molecule has 2 N–H and O–H groups in total. The number of rotatable bonds is 4. The molecule has 0 aromatic heterocycles. The summed E-state index contributed by atoms with van der Waals surface area (Å²) in [5.74, 6) is -0.876. The highest BCUT2D eigenvalue weighted by molar-refractivity contribution is 9.10.